The van der Waals surface area contributed by atoms with Crippen molar-refractivity contribution >= 4 is 54.6 Å². The molecule has 0 radical (unpaired) electrons. The van der Waals surface area contributed by atoms with E-state index in [0.29, 0.717) is 17.5 Å². The molecule has 10 aromatic rings. The van der Waals surface area contributed by atoms with Crippen LogP contribution in [0.1, 0.15) is 0 Å². The van der Waals surface area contributed by atoms with E-state index in [2.05, 4.69) is 54.6 Å². The van der Waals surface area contributed by atoms with Gasteiger partial charge < -0.3 is 8.83 Å². The van der Waals surface area contributed by atoms with Crippen molar-refractivity contribution in [2.24, 2.45) is 0 Å². The molecule has 0 saturated carbocycles. The zero-order valence-electron chi connectivity index (χ0n) is 25.6. The predicted octanol–water partition coefficient (Wildman–Crippen LogP) is 11.5. The fraction of sp³-hybridized carbons (Fsp3) is 0. The highest BCUT2D eigenvalue weighted by molar-refractivity contribution is 6.19. The molecule has 0 N–H and O–H groups in total. The Kier molecular flexibility index (Phi) is 5.81. The van der Waals surface area contributed by atoms with Crippen LogP contribution in [0.4, 0.5) is 0 Å². The summed E-state index contributed by atoms with van der Waals surface area (Å²) in [6.07, 6.45) is 0. The van der Waals surface area contributed by atoms with Crippen LogP contribution in [-0.2, 0) is 0 Å². The lowest BCUT2D eigenvalue weighted by atomic mass is 9.95. The number of nitrogens with zero attached hydrogens (tertiary/aromatic N) is 3. The average Bonchev–Trinajstić information content (AvgIpc) is 3.73. The Morgan fingerprint density at radius 1 is 0.312 bits per heavy atom. The van der Waals surface area contributed by atoms with Crippen molar-refractivity contribution in [3.8, 4) is 45.3 Å². The van der Waals surface area contributed by atoms with Gasteiger partial charge >= 0.3 is 0 Å². The van der Waals surface area contributed by atoms with Gasteiger partial charge in [-0.2, -0.15) is 0 Å². The van der Waals surface area contributed by atoms with Gasteiger partial charge in [0.1, 0.15) is 22.3 Å². The number of hydrogen-bond donors (Lipinski definition) is 0. The van der Waals surface area contributed by atoms with Crippen LogP contribution >= 0.6 is 0 Å². The number of benzene rings is 7. The number of para-hydroxylation sites is 2. The quantitative estimate of drug-likeness (QED) is 0.197. The van der Waals surface area contributed by atoms with Crippen molar-refractivity contribution in [3.63, 3.8) is 0 Å². The van der Waals surface area contributed by atoms with Gasteiger partial charge in [-0.25, -0.2) is 15.0 Å². The molecule has 5 heteroatoms. The lowest BCUT2D eigenvalue weighted by Gasteiger charge is -2.12. The molecule has 224 valence electrons. The molecule has 3 heterocycles. The van der Waals surface area contributed by atoms with Gasteiger partial charge in [0.05, 0.1) is 0 Å². The van der Waals surface area contributed by atoms with E-state index in [1.54, 1.807) is 0 Å². The molecular formula is C43H25N3O2. The molecule has 0 amide bonds. The van der Waals surface area contributed by atoms with Gasteiger partial charge in [0.25, 0.3) is 0 Å². The summed E-state index contributed by atoms with van der Waals surface area (Å²) >= 11 is 0. The van der Waals surface area contributed by atoms with Crippen LogP contribution in [0.15, 0.2) is 160 Å². The molecule has 3 aromatic heterocycles. The van der Waals surface area contributed by atoms with Gasteiger partial charge in [0.2, 0.25) is 0 Å². The summed E-state index contributed by atoms with van der Waals surface area (Å²) in [6.45, 7) is 0. The minimum Gasteiger partial charge on any atom is -0.456 e. The molecule has 0 fully saturated rings. The van der Waals surface area contributed by atoms with E-state index in [1.165, 1.54) is 0 Å². The summed E-state index contributed by atoms with van der Waals surface area (Å²) in [6, 6.07) is 51.6. The summed E-state index contributed by atoms with van der Waals surface area (Å²) < 4.78 is 12.7. The van der Waals surface area contributed by atoms with E-state index in [-0.39, 0.29) is 0 Å². The second-order valence-corrected chi connectivity index (χ2v) is 12.0. The van der Waals surface area contributed by atoms with Gasteiger partial charge in [-0.1, -0.05) is 115 Å². The highest BCUT2D eigenvalue weighted by Gasteiger charge is 2.20. The van der Waals surface area contributed by atoms with Gasteiger partial charge in [0.15, 0.2) is 17.5 Å². The molecule has 0 aliphatic rings. The van der Waals surface area contributed by atoms with Crippen LogP contribution < -0.4 is 0 Å². The van der Waals surface area contributed by atoms with Crippen molar-refractivity contribution < 1.29 is 8.83 Å². The van der Waals surface area contributed by atoms with Gasteiger partial charge in [-0.05, 0) is 52.9 Å². The maximum atomic E-state index is 6.58. The van der Waals surface area contributed by atoms with Crippen LogP contribution in [0.2, 0.25) is 0 Å². The van der Waals surface area contributed by atoms with Crippen molar-refractivity contribution in [1.29, 1.82) is 0 Å². The van der Waals surface area contributed by atoms with Crippen molar-refractivity contribution in [1.82, 2.24) is 15.0 Å². The molecule has 0 spiro atoms. The Hall–Kier alpha value is -6.59. The Bertz CT molecular complexity index is 2780. The van der Waals surface area contributed by atoms with Crippen molar-refractivity contribution in [3.05, 3.63) is 152 Å². The highest BCUT2D eigenvalue weighted by Crippen LogP contribution is 2.41. The number of furan rings is 2. The van der Waals surface area contributed by atoms with Gasteiger partial charge in [-0.3, -0.25) is 0 Å². The normalized spacial score (nSPS) is 11.8. The molecule has 0 bridgehead atoms. The van der Waals surface area contributed by atoms with Crippen molar-refractivity contribution in [2.75, 3.05) is 0 Å². The molecule has 48 heavy (non-hydrogen) atoms. The third-order valence-electron chi connectivity index (χ3n) is 9.13. The van der Waals surface area contributed by atoms with Crippen LogP contribution in [0.5, 0.6) is 0 Å². The van der Waals surface area contributed by atoms with E-state index in [0.717, 1.165) is 82.5 Å². The standard InChI is InChI=1S/C43H25N3O2/c1-3-11-26(12-4-1)41-44-42(27-13-5-2-6-14-27)46-43(45-41)36-25-35-32-16-8-10-18-38(32)48-40(35)34-24-28(19-21-30(34)36)29-20-22-39-33(23-29)31-15-7-9-17-37(31)47-39/h1-25H. The van der Waals surface area contributed by atoms with Crippen LogP contribution in [0.25, 0.3) is 99.9 Å². The second kappa shape index (κ2) is 10.5. The summed E-state index contributed by atoms with van der Waals surface area (Å²) in [4.78, 5) is 15.1. The number of hydrogen-bond acceptors (Lipinski definition) is 5. The average molecular weight is 616 g/mol. The first-order valence-electron chi connectivity index (χ1n) is 15.9. The summed E-state index contributed by atoms with van der Waals surface area (Å²) in [5.41, 5.74) is 8.41. The Morgan fingerprint density at radius 2 is 0.812 bits per heavy atom. The third kappa shape index (κ3) is 4.22. The topological polar surface area (TPSA) is 65.0 Å². The SMILES string of the molecule is c1ccc(-c2nc(-c3ccccc3)nc(-c3cc4c5ccccc5oc4c4cc(-c5ccc6oc7ccccc7c6c5)ccc34)n2)cc1. The molecule has 10 rings (SSSR count). The molecular weight excluding hydrogens is 590 g/mol. The number of aromatic nitrogens is 3. The summed E-state index contributed by atoms with van der Waals surface area (Å²) in [5, 5.41) is 6.27. The largest absolute Gasteiger partial charge is 0.456 e. The molecule has 5 nitrogen and oxygen atoms in total. The Labute approximate surface area is 274 Å². The first-order chi connectivity index (χ1) is 23.8. The fourth-order valence-electron chi connectivity index (χ4n) is 6.80. The maximum Gasteiger partial charge on any atom is 0.164 e. The van der Waals surface area contributed by atoms with E-state index < -0.39 is 0 Å². The monoisotopic (exact) mass is 615 g/mol. The summed E-state index contributed by atoms with van der Waals surface area (Å²) in [7, 11) is 0. The predicted molar refractivity (Wildman–Crippen MR) is 194 cm³/mol. The molecule has 0 saturated heterocycles. The highest BCUT2D eigenvalue weighted by atomic mass is 16.3. The van der Waals surface area contributed by atoms with Gasteiger partial charge in [0, 0.05) is 43.6 Å². The second-order valence-electron chi connectivity index (χ2n) is 12.0. The minimum absolute atomic E-state index is 0.610. The molecule has 0 atom stereocenters. The first kappa shape index (κ1) is 26.6. The fourth-order valence-corrected chi connectivity index (χ4v) is 6.80. The van der Waals surface area contributed by atoms with E-state index >= 15 is 0 Å². The first-order valence-corrected chi connectivity index (χ1v) is 15.9. The maximum absolute atomic E-state index is 6.58. The van der Waals surface area contributed by atoms with Crippen LogP contribution in [0.3, 0.4) is 0 Å². The lowest BCUT2D eigenvalue weighted by molar-refractivity contribution is 0.669. The number of rotatable bonds is 4. The lowest BCUT2D eigenvalue weighted by Crippen LogP contribution is -2.00. The number of fused-ring (bicyclic) bond motifs is 8. The van der Waals surface area contributed by atoms with Crippen LogP contribution in [0, 0.1) is 0 Å². The third-order valence-corrected chi connectivity index (χ3v) is 9.13. The molecule has 0 unspecified atom stereocenters. The smallest absolute Gasteiger partial charge is 0.164 e. The van der Waals surface area contributed by atoms with Gasteiger partial charge in [-0.15, -0.1) is 0 Å². The minimum atomic E-state index is 0.610. The van der Waals surface area contributed by atoms with E-state index in [4.69, 9.17) is 23.8 Å². The Balaban J connectivity index is 1.25. The molecule has 0 aliphatic heterocycles. The van der Waals surface area contributed by atoms with Crippen LogP contribution in [-0.4, -0.2) is 15.0 Å². The molecule has 7 aromatic carbocycles. The van der Waals surface area contributed by atoms with E-state index in [9.17, 15) is 0 Å². The van der Waals surface area contributed by atoms with Crippen molar-refractivity contribution in [2.45, 2.75) is 0 Å². The van der Waals surface area contributed by atoms with E-state index in [1.807, 2.05) is 97.1 Å². The summed E-state index contributed by atoms with van der Waals surface area (Å²) in [5.74, 6) is 1.86. The molecule has 0 aliphatic carbocycles. The zero-order chi connectivity index (χ0) is 31.6. The Morgan fingerprint density at radius 3 is 1.50 bits per heavy atom. The zero-order valence-corrected chi connectivity index (χ0v) is 25.6.